The molecule has 0 saturated heterocycles. The van der Waals surface area contributed by atoms with Crippen LogP contribution in [0.3, 0.4) is 0 Å². The second-order valence-electron chi connectivity index (χ2n) is 15.7. The summed E-state index contributed by atoms with van der Waals surface area (Å²) in [4.78, 5) is 31.3. The summed E-state index contributed by atoms with van der Waals surface area (Å²) in [6, 6.07) is 13.1. The van der Waals surface area contributed by atoms with Crippen molar-refractivity contribution in [3.8, 4) is 22.3 Å². The molecule has 0 unspecified atom stereocenters. The predicted molar refractivity (Wildman–Crippen MR) is 254 cm³/mol. The summed E-state index contributed by atoms with van der Waals surface area (Å²) in [5, 5.41) is 0. The number of fused-ring (bicyclic) bond motifs is 8. The zero-order valence-electron chi connectivity index (χ0n) is 39.1. The molecule has 12 heteroatoms. The normalized spacial score (nSPS) is 11.4. The Morgan fingerprint density at radius 3 is 1.14 bits per heavy atom. The van der Waals surface area contributed by atoms with E-state index >= 15 is 0 Å². The number of halogens is 1. The first kappa shape index (κ1) is 56.8. The molecule has 0 aliphatic carbocycles. The molecule has 5 aromatic heterocycles. The van der Waals surface area contributed by atoms with Crippen molar-refractivity contribution in [3.63, 3.8) is 0 Å². The van der Waals surface area contributed by atoms with Crippen molar-refractivity contribution in [3.05, 3.63) is 126 Å². The molecule has 0 radical (unpaired) electrons. The number of aryl methyl sites for hydroxylation is 4. The second kappa shape index (κ2) is 29.4. The number of hydrogen-bond donors (Lipinski definition) is 0. The average Bonchev–Trinajstić information content (AvgIpc) is 4.02. The van der Waals surface area contributed by atoms with E-state index < -0.39 is 0 Å². The van der Waals surface area contributed by atoms with Gasteiger partial charge >= 0.3 is 81.1 Å². The third kappa shape index (κ3) is 13.0. The van der Waals surface area contributed by atoms with Gasteiger partial charge in [0.2, 0.25) is 0 Å². The van der Waals surface area contributed by atoms with E-state index in [1.165, 1.54) is 62.7 Å². The van der Waals surface area contributed by atoms with Gasteiger partial charge in [-0.25, -0.2) is 9.97 Å². The third-order valence-corrected chi connectivity index (χ3v) is 12.0. The number of hydrogen-bond acceptors (Lipinski definition) is 4. The van der Waals surface area contributed by atoms with Crippen LogP contribution in [0.15, 0.2) is 61.2 Å². The molecule has 0 saturated carbocycles. The van der Waals surface area contributed by atoms with Crippen molar-refractivity contribution in [2.45, 2.75) is 132 Å². The Kier molecular flexibility index (Phi) is 25.7. The van der Waals surface area contributed by atoms with Crippen LogP contribution < -0.4 is 9.97 Å². The summed E-state index contributed by atoms with van der Waals surface area (Å²) in [5.74, 6) is 0. The Bertz CT molecular complexity index is 2440. The molecule has 5 aromatic rings. The van der Waals surface area contributed by atoms with Crippen LogP contribution in [0.2, 0.25) is 0 Å². The van der Waals surface area contributed by atoms with Gasteiger partial charge in [-0.05, 0) is 148 Å². The van der Waals surface area contributed by atoms with Gasteiger partial charge in [0, 0.05) is 24.8 Å². The molecule has 0 spiro atoms. The van der Waals surface area contributed by atoms with E-state index in [0.717, 1.165) is 144 Å². The zero-order chi connectivity index (χ0) is 47.3. The van der Waals surface area contributed by atoms with Crippen molar-refractivity contribution in [2.75, 3.05) is 0 Å². The summed E-state index contributed by atoms with van der Waals surface area (Å²) in [7, 11) is 4.69. The Morgan fingerprint density at radius 1 is 0.523 bits per heavy atom. The maximum Gasteiger partial charge on any atom is 2.00 e. The summed E-state index contributed by atoms with van der Waals surface area (Å²) in [5.41, 5.74) is 22.6. The molecule has 9 nitrogen and oxygen atoms in total. The number of nitrogens with zero attached hydrogens (tertiary/aromatic N) is 6. The monoisotopic (exact) mass is 1110 g/mol. The van der Waals surface area contributed by atoms with E-state index in [0.29, 0.717) is 0 Å². The molecule has 0 aromatic carbocycles. The molecule has 0 amide bonds. The fourth-order valence-electron chi connectivity index (χ4n) is 8.62. The van der Waals surface area contributed by atoms with Crippen LogP contribution >= 0.6 is 9.53 Å². The standard InChI is InChI=1S/C50H58N6.3CO.ClH.Re.Zn/c1-9-13-17-37-31(5)47-45(35-21-25-51-26-22-35)48-33(7)39(19-15-11-3)43(55-48)30-44-40(20-16-12-4)34(8)50(56-44)46(36-23-27-52-28-24-36)49-32(6)38(18-14-10-2)42(54-49)29-41(37)53-47;3*1-2;;;/h21-30H,9-20H2,1-8H3;;;;1H;;/q-2;;;;;+1;+2/p-1. The molecule has 7 heterocycles. The van der Waals surface area contributed by atoms with Crippen LogP contribution in [0.5, 0.6) is 0 Å². The fraction of sp³-hybridized carbons (Fsp3) is 0.377. The number of pyridine rings is 2. The maximum absolute atomic E-state index is 7.50. The molecule has 8 bridgehead atoms. The smallest absolute Gasteiger partial charge is 2.00 e. The van der Waals surface area contributed by atoms with E-state index in [-0.39, 0.29) is 19.5 Å². The van der Waals surface area contributed by atoms with E-state index in [4.69, 9.17) is 43.4 Å². The van der Waals surface area contributed by atoms with Gasteiger partial charge in [0.1, 0.15) is 0 Å². The van der Waals surface area contributed by atoms with Crippen molar-refractivity contribution in [1.29, 1.82) is 0 Å². The van der Waals surface area contributed by atoms with Crippen molar-refractivity contribution < 1.29 is 51.6 Å². The first-order chi connectivity index (χ1) is 31.3. The second-order valence-corrected chi connectivity index (χ2v) is 15.7. The van der Waals surface area contributed by atoms with Gasteiger partial charge in [-0.15, -0.1) is 22.1 Å². The molecule has 0 N–H and O–H groups in total. The Morgan fingerprint density at radius 2 is 0.831 bits per heavy atom. The molecule has 2 aliphatic heterocycles. The van der Waals surface area contributed by atoms with E-state index in [2.05, 4.69) is 122 Å². The Balaban J connectivity index is 0.00000153. The van der Waals surface area contributed by atoms with Crippen molar-refractivity contribution >= 4 is 53.9 Å². The number of unbranched alkanes of at least 4 members (excludes halogenated alkanes) is 4. The van der Waals surface area contributed by atoms with Crippen LogP contribution in [-0.2, 0) is 64.5 Å². The molecular weight excluding hydrogens is 1060 g/mol. The van der Waals surface area contributed by atoms with E-state index in [9.17, 15) is 0 Å². The zero-order valence-corrected chi connectivity index (χ0v) is 45.6. The summed E-state index contributed by atoms with van der Waals surface area (Å²) in [6.45, 7) is 31.6. The average molecular weight is 1110 g/mol. The SMILES string of the molecule is CCCCC1=C(C)c2nc1cc1[n-]c(c(C)c1CCCC)c(-c1ccncc1)c1nc(cc3[n-]c(c(C)c3CCCC)c2-c2ccncc2)C(CCCC)=C1C.[C-]#[O+].[C-]#[O+].[C-]#[O+].[Cl][Re].[Zn+2]. The van der Waals surface area contributed by atoms with Crippen LogP contribution in [0, 0.1) is 33.8 Å². The van der Waals surface area contributed by atoms with Gasteiger partial charge in [-0.1, -0.05) is 87.8 Å². The molecular formula is C53H58ClN6O3ReZn. The first-order valence-corrected chi connectivity index (χ1v) is 25.3. The molecule has 0 atom stereocenters. The minimum Gasteiger partial charge on any atom is 2.00 e. The summed E-state index contributed by atoms with van der Waals surface area (Å²) < 4.78 is 22.5. The van der Waals surface area contributed by atoms with Gasteiger partial charge in [-0.2, -0.15) is 0 Å². The van der Waals surface area contributed by atoms with Crippen LogP contribution in [-0.4, -0.2) is 19.9 Å². The van der Waals surface area contributed by atoms with Crippen LogP contribution in [0.4, 0.5) is 0 Å². The largest absolute Gasteiger partial charge is 2.00 e. The summed E-state index contributed by atoms with van der Waals surface area (Å²) in [6.07, 6.45) is 20.2. The molecule has 2 aliphatic rings. The van der Waals surface area contributed by atoms with Gasteiger partial charge in [0.25, 0.3) is 0 Å². The Labute approximate surface area is 413 Å². The topological polar surface area (TPSA) is 139 Å². The molecule has 0 fully saturated rings. The van der Waals surface area contributed by atoms with E-state index in [1.807, 2.05) is 24.8 Å². The maximum atomic E-state index is 7.50. The van der Waals surface area contributed by atoms with E-state index in [1.54, 1.807) is 0 Å². The number of allylic oxidation sites excluding steroid dienone is 4. The molecule has 65 heavy (non-hydrogen) atoms. The van der Waals surface area contributed by atoms with Crippen molar-refractivity contribution in [2.24, 2.45) is 0 Å². The third-order valence-electron chi connectivity index (χ3n) is 12.0. The van der Waals surface area contributed by atoms with Crippen LogP contribution in [0.25, 0.3) is 66.6 Å². The molecule has 334 valence electrons. The number of rotatable bonds is 14. The Hall–Kier alpha value is -4.30. The fourth-order valence-corrected chi connectivity index (χ4v) is 8.62. The summed E-state index contributed by atoms with van der Waals surface area (Å²) >= 11 is 1.19. The quantitative estimate of drug-likeness (QED) is 0.0616. The minimum absolute atomic E-state index is 0. The molecule has 7 rings (SSSR count). The van der Waals surface area contributed by atoms with Crippen LogP contribution in [0.1, 0.15) is 151 Å². The number of aromatic nitrogens is 6. The van der Waals surface area contributed by atoms with Gasteiger partial charge in [0.05, 0.1) is 22.8 Å². The van der Waals surface area contributed by atoms with Gasteiger partial charge in [-0.3, -0.25) is 9.97 Å². The van der Waals surface area contributed by atoms with Gasteiger partial charge < -0.3 is 9.97 Å². The first-order valence-electron chi connectivity index (χ1n) is 22.0. The predicted octanol–water partition coefficient (Wildman–Crippen LogP) is 13.8. The van der Waals surface area contributed by atoms with Crippen molar-refractivity contribution in [1.82, 2.24) is 29.9 Å². The minimum atomic E-state index is 0. The van der Waals surface area contributed by atoms with Gasteiger partial charge in [0.15, 0.2) is 0 Å².